The number of sulfone groups is 1. The Morgan fingerprint density at radius 2 is 1.97 bits per heavy atom. The summed E-state index contributed by atoms with van der Waals surface area (Å²) in [7, 11) is -3.62. The Balaban J connectivity index is 0.00000205. The summed E-state index contributed by atoms with van der Waals surface area (Å²) >= 11 is 0. The highest BCUT2D eigenvalue weighted by Crippen LogP contribution is 2.35. The van der Waals surface area contributed by atoms with Crippen LogP contribution in [0, 0.1) is 0 Å². The Bertz CT molecular complexity index is 1250. The average Bonchev–Trinajstić information content (AvgIpc) is 3.36. The van der Waals surface area contributed by atoms with Gasteiger partial charge in [-0.2, -0.15) is 0 Å². The van der Waals surface area contributed by atoms with Crippen LogP contribution in [0.25, 0.3) is 11.0 Å². The number of rotatable bonds is 4. The molecule has 4 aromatic rings. The van der Waals surface area contributed by atoms with Crippen LogP contribution < -0.4 is 5.32 Å². The Morgan fingerprint density at radius 3 is 2.72 bits per heavy atom. The first-order chi connectivity index (χ1) is 13.6. The number of furan rings is 1. The average molecular weight is 430 g/mol. The molecule has 1 aliphatic rings. The van der Waals surface area contributed by atoms with E-state index in [2.05, 4.69) is 10.3 Å². The molecule has 0 radical (unpaired) electrons. The van der Waals surface area contributed by atoms with Crippen LogP contribution in [0.4, 0.5) is 0 Å². The summed E-state index contributed by atoms with van der Waals surface area (Å²) in [5, 5.41) is 4.22. The molecule has 6 nitrogen and oxygen atoms in total. The molecule has 2 aromatic heterocycles. The molecule has 0 aliphatic carbocycles. The molecule has 1 N–H and O–H groups in total. The summed E-state index contributed by atoms with van der Waals surface area (Å²) < 4.78 is 34.6. The highest BCUT2D eigenvalue weighted by Gasteiger charge is 2.25. The summed E-state index contributed by atoms with van der Waals surface area (Å²) in [6.07, 6.45) is 6.08. The van der Waals surface area contributed by atoms with E-state index in [1.807, 2.05) is 16.8 Å². The summed E-state index contributed by atoms with van der Waals surface area (Å²) in [5.74, 6) is 0.940. The fourth-order valence-electron chi connectivity index (χ4n) is 3.74. The second-order valence-corrected chi connectivity index (χ2v) is 8.89. The van der Waals surface area contributed by atoms with E-state index in [9.17, 15) is 8.42 Å². The van der Waals surface area contributed by atoms with E-state index in [1.54, 1.807) is 48.9 Å². The maximum Gasteiger partial charge on any atom is 0.206 e. The fourth-order valence-corrected chi connectivity index (χ4v) is 5.09. The van der Waals surface area contributed by atoms with Crippen molar-refractivity contribution in [1.29, 1.82) is 0 Å². The van der Waals surface area contributed by atoms with Gasteiger partial charge in [0.1, 0.15) is 11.3 Å². The highest BCUT2D eigenvalue weighted by atomic mass is 35.5. The molecule has 3 heterocycles. The number of halogens is 1. The van der Waals surface area contributed by atoms with Gasteiger partial charge in [-0.3, -0.25) is 0 Å². The summed E-state index contributed by atoms with van der Waals surface area (Å²) in [6, 6.07) is 12.0. The van der Waals surface area contributed by atoms with Gasteiger partial charge in [-0.15, -0.1) is 12.4 Å². The standard InChI is InChI=1S/C21H19N3O3S.ClH/c25-28(26,16-4-2-1-3-5-16)17-10-15(13-24-9-8-23-14-24)21-18(11-17)19-12-22-7-6-20(19)27-21;/h1-5,8-11,14,22H,6-7,12-13H2;1H. The highest BCUT2D eigenvalue weighted by molar-refractivity contribution is 7.91. The summed E-state index contributed by atoms with van der Waals surface area (Å²) in [5.41, 5.74) is 2.65. The van der Waals surface area contributed by atoms with Crippen molar-refractivity contribution in [2.75, 3.05) is 6.54 Å². The molecule has 29 heavy (non-hydrogen) atoms. The Hall–Kier alpha value is -2.61. The number of benzene rings is 2. The molecule has 1 aliphatic heterocycles. The lowest BCUT2D eigenvalue weighted by Crippen LogP contribution is -2.22. The molecule has 0 saturated heterocycles. The van der Waals surface area contributed by atoms with E-state index < -0.39 is 9.84 Å². The van der Waals surface area contributed by atoms with Gasteiger partial charge in [-0.05, 0) is 24.3 Å². The van der Waals surface area contributed by atoms with Crippen LogP contribution in [0.3, 0.4) is 0 Å². The van der Waals surface area contributed by atoms with Gasteiger partial charge in [-0.1, -0.05) is 18.2 Å². The number of hydrogen-bond acceptors (Lipinski definition) is 5. The summed E-state index contributed by atoms with van der Waals surface area (Å²) in [6.45, 7) is 2.04. The second-order valence-electron chi connectivity index (χ2n) is 6.94. The Kier molecular flexibility index (Phi) is 5.21. The molecule has 5 rings (SSSR count). The minimum atomic E-state index is -3.62. The molecule has 0 bridgehead atoms. The quantitative estimate of drug-likeness (QED) is 0.536. The lowest BCUT2D eigenvalue weighted by atomic mass is 10.0. The molecule has 8 heteroatoms. The maximum absolute atomic E-state index is 13.3. The van der Waals surface area contributed by atoms with Crippen molar-refractivity contribution in [1.82, 2.24) is 14.9 Å². The van der Waals surface area contributed by atoms with Gasteiger partial charge in [-0.25, -0.2) is 13.4 Å². The van der Waals surface area contributed by atoms with Gasteiger partial charge in [0.2, 0.25) is 9.84 Å². The normalized spacial score (nSPS) is 13.8. The van der Waals surface area contributed by atoms with Crippen LogP contribution in [0.2, 0.25) is 0 Å². The Labute approximate surface area is 174 Å². The number of hydrogen-bond donors (Lipinski definition) is 1. The lowest BCUT2D eigenvalue weighted by molar-refractivity contribution is 0.498. The van der Waals surface area contributed by atoms with Gasteiger partial charge < -0.3 is 14.3 Å². The zero-order chi connectivity index (χ0) is 19.1. The zero-order valence-corrected chi connectivity index (χ0v) is 17.2. The predicted octanol–water partition coefficient (Wildman–Crippen LogP) is 3.58. The first-order valence-electron chi connectivity index (χ1n) is 9.17. The van der Waals surface area contributed by atoms with Crippen LogP contribution in [0.1, 0.15) is 16.9 Å². The fraction of sp³-hybridized carbons (Fsp3) is 0.190. The van der Waals surface area contributed by atoms with E-state index in [0.717, 1.165) is 40.8 Å². The molecular formula is C21H20ClN3O3S. The van der Waals surface area contributed by atoms with Crippen LogP contribution >= 0.6 is 12.4 Å². The summed E-state index contributed by atoms with van der Waals surface area (Å²) in [4.78, 5) is 4.66. The number of aromatic nitrogens is 2. The van der Waals surface area contributed by atoms with Crippen molar-refractivity contribution in [3.05, 3.63) is 78.1 Å². The van der Waals surface area contributed by atoms with Crippen LogP contribution in [0.5, 0.6) is 0 Å². The molecule has 0 fully saturated rings. The second kappa shape index (κ2) is 7.67. The van der Waals surface area contributed by atoms with Gasteiger partial charge in [0.05, 0.1) is 22.7 Å². The molecule has 0 unspecified atom stereocenters. The van der Waals surface area contributed by atoms with Gasteiger partial charge >= 0.3 is 0 Å². The van der Waals surface area contributed by atoms with Crippen LogP contribution in [-0.4, -0.2) is 24.5 Å². The van der Waals surface area contributed by atoms with Crippen molar-refractivity contribution in [2.45, 2.75) is 29.3 Å². The van der Waals surface area contributed by atoms with E-state index in [-0.39, 0.29) is 17.3 Å². The molecule has 2 aromatic carbocycles. The largest absolute Gasteiger partial charge is 0.460 e. The third-order valence-electron chi connectivity index (χ3n) is 5.13. The van der Waals surface area contributed by atoms with Gasteiger partial charge in [0.15, 0.2) is 0 Å². The SMILES string of the molecule is Cl.O=S(=O)(c1ccccc1)c1cc(Cn2ccnc2)c2oc3c(c2c1)CNCC3. The minimum Gasteiger partial charge on any atom is -0.460 e. The van der Waals surface area contributed by atoms with Crippen molar-refractivity contribution in [3.63, 3.8) is 0 Å². The molecule has 0 atom stereocenters. The van der Waals surface area contributed by atoms with Crippen molar-refractivity contribution < 1.29 is 12.8 Å². The number of imidazole rings is 1. The minimum absolute atomic E-state index is 0. The van der Waals surface area contributed by atoms with Crippen LogP contribution in [0.15, 0.2) is 75.4 Å². The molecule has 150 valence electrons. The molecular weight excluding hydrogens is 410 g/mol. The third kappa shape index (κ3) is 3.46. The van der Waals surface area contributed by atoms with Crippen molar-refractivity contribution in [3.8, 4) is 0 Å². The smallest absolute Gasteiger partial charge is 0.206 e. The van der Waals surface area contributed by atoms with E-state index in [4.69, 9.17) is 4.42 Å². The third-order valence-corrected chi connectivity index (χ3v) is 6.88. The molecule has 0 saturated carbocycles. The lowest BCUT2D eigenvalue weighted by Gasteiger charge is -2.11. The Morgan fingerprint density at radius 1 is 1.14 bits per heavy atom. The molecule has 0 amide bonds. The van der Waals surface area contributed by atoms with E-state index >= 15 is 0 Å². The van der Waals surface area contributed by atoms with E-state index in [1.165, 1.54) is 0 Å². The first-order valence-corrected chi connectivity index (χ1v) is 10.6. The number of fused-ring (bicyclic) bond motifs is 3. The monoisotopic (exact) mass is 429 g/mol. The van der Waals surface area contributed by atoms with Crippen LogP contribution in [-0.2, 0) is 29.3 Å². The predicted molar refractivity (Wildman–Crippen MR) is 112 cm³/mol. The zero-order valence-electron chi connectivity index (χ0n) is 15.5. The molecule has 0 spiro atoms. The van der Waals surface area contributed by atoms with E-state index in [0.29, 0.717) is 18.0 Å². The first kappa shape index (κ1) is 19.7. The van der Waals surface area contributed by atoms with Gasteiger partial charge in [0, 0.05) is 48.4 Å². The van der Waals surface area contributed by atoms with Crippen molar-refractivity contribution in [2.24, 2.45) is 0 Å². The topological polar surface area (TPSA) is 77.1 Å². The van der Waals surface area contributed by atoms with Crippen molar-refractivity contribution >= 4 is 33.2 Å². The number of nitrogens with zero attached hydrogens (tertiary/aromatic N) is 2. The number of nitrogens with one attached hydrogen (secondary N) is 1. The van der Waals surface area contributed by atoms with Gasteiger partial charge in [0.25, 0.3) is 0 Å². The maximum atomic E-state index is 13.3.